The second-order valence-electron chi connectivity index (χ2n) is 4.29. The Bertz CT molecular complexity index is 473. The number of thioether (sulfide) groups is 2. The zero-order valence-corrected chi connectivity index (χ0v) is 12.8. The van der Waals surface area contributed by atoms with Gasteiger partial charge >= 0.3 is 5.97 Å². The summed E-state index contributed by atoms with van der Waals surface area (Å²) < 4.78 is 4.70. The van der Waals surface area contributed by atoms with E-state index in [1.165, 1.54) is 7.11 Å². The van der Waals surface area contributed by atoms with Crippen molar-refractivity contribution in [1.29, 1.82) is 0 Å². The fourth-order valence-electron chi connectivity index (χ4n) is 2.02. The average Bonchev–Trinajstić information content (AvgIpc) is 2.38. The Kier molecular flexibility index (Phi) is 4.57. The smallest absolute Gasteiger partial charge is 0.343 e. The summed E-state index contributed by atoms with van der Waals surface area (Å²) in [6.45, 7) is 3.93. The summed E-state index contributed by atoms with van der Waals surface area (Å²) >= 11 is 3.76. The lowest BCUT2D eigenvalue weighted by molar-refractivity contribution is 0.0600. The van der Waals surface area contributed by atoms with E-state index >= 15 is 0 Å². The number of nitrogens with two attached hydrogens (primary N) is 1. The van der Waals surface area contributed by atoms with Crippen molar-refractivity contribution in [3.63, 3.8) is 0 Å². The number of rotatable bonds is 2. The van der Waals surface area contributed by atoms with E-state index in [-0.39, 0.29) is 16.6 Å². The van der Waals surface area contributed by atoms with Gasteiger partial charge < -0.3 is 10.5 Å². The number of hydrogen-bond donors (Lipinski definition) is 1. The number of carbonyl (C=O) groups is 1. The third-order valence-corrected chi connectivity index (χ3v) is 6.05. The van der Waals surface area contributed by atoms with Crippen LogP contribution in [0.15, 0.2) is 0 Å². The molecule has 2 atom stereocenters. The third kappa shape index (κ3) is 2.97. The van der Waals surface area contributed by atoms with Crippen LogP contribution in [0.1, 0.15) is 34.0 Å². The van der Waals surface area contributed by atoms with Crippen LogP contribution in [-0.2, 0) is 4.74 Å². The first-order valence-corrected chi connectivity index (χ1v) is 8.10. The van der Waals surface area contributed by atoms with E-state index in [1.807, 2.05) is 23.5 Å². The minimum Gasteiger partial charge on any atom is -0.465 e. The molecule has 1 aliphatic rings. The Morgan fingerprint density at radius 1 is 1.37 bits per heavy atom. The van der Waals surface area contributed by atoms with Crippen molar-refractivity contribution in [2.75, 3.05) is 24.3 Å². The van der Waals surface area contributed by atoms with Gasteiger partial charge in [0.05, 0.1) is 18.1 Å². The van der Waals surface area contributed by atoms with E-state index in [0.717, 1.165) is 11.5 Å². The highest BCUT2D eigenvalue weighted by atomic mass is 32.2. The maximum absolute atomic E-state index is 11.6. The fourth-order valence-corrected chi connectivity index (χ4v) is 4.70. The van der Waals surface area contributed by atoms with Gasteiger partial charge in [-0.25, -0.2) is 14.8 Å². The van der Waals surface area contributed by atoms with E-state index < -0.39 is 5.97 Å². The summed E-state index contributed by atoms with van der Waals surface area (Å²) in [5.41, 5.74) is 6.73. The molecular weight excluding hydrogens is 282 g/mol. The minimum absolute atomic E-state index is 0.206. The van der Waals surface area contributed by atoms with Crippen molar-refractivity contribution in [2.24, 2.45) is 0 Å². The van der Waals surface area contributed by atoms with Crippen molar-refractivity contribution in [3.8, 4) is 0 Å². The number of anilines is 1. The Hall–Kier alpha value is -0.950. The topological polar surface area (TPSA) is 78.1 Å². The number of ether oxygens (including phenoxy) is 1. The molecule has 0 aromatic carbocycles. The number of aryl methyl sites for hydroxylation is 1. The Morgan fingerprint density at radius 3 is 2.63 bits per heavy atom. The first-order valence-electron chi connectivity index (χ1n) is 6.00. The van der Waals surface area contributed by atoms with Crippen LogP contribution in [0.3, 0.4) is 0 Å². The molecule has 1 fully saturated rings. The van der Waals surface area contributed by atoms with Crippen LogP contribution in [-0.4, -0.2) is 39.8 Å². The number of methoxy groups -OCH3 is 1. The summed E-state index contributed by atoms with van der Waals surface area (Å²) in [6.07, 6.45) is 0. The molecule has 2 heterocycles. The van der Waals surface area contributed by atoms with Crippen molar-refractivity contribution < 1.29 is 9.53 Å². The normalized spacial score (nSPS) is 23.1. The molecule has 0 saturated carbocycles. The van der Waals surface area contributed by atoms with E-state index in [2.05, 4.69) is 16.9 Å². The van der Waals surface area contributed by atoms with Gasteiger partial charge in [0.2, 0.25) is 0 Å². The molecule has 0 radical (unpaired) electrons. The second-order valence-corrected chi connectivity index (χ2v) is 7.02. The van der Waals surface area contributed by atoms with Crippen LogP contribution in [0.5, 0.6) is 0 Å². The number of nitrogen functional groups attached to an aromatic ring is 1. The highest BCUT2D eigenvalue weighted by molar-refractivity contribution is 8.06. The summed E-state index contributed by atoms with van der Waals surface area (Å²) in [4.78, 5) is 20.4. The van der Waals surface area contributed by atoms with Gasteiger partial charge in [-0.3, -0.25) is 0 Å². The molecule has 0 aliphatic carbocycles. The zero-order chi connectivity index (χ0) is 14.0. The van der Waals surface area contributed by atoms with Gasteiger partial charge in [-0.1, -0.05) is 6.92 Å². The van der Waals surface area contributed by atoms with Crippen molar-refractivity contribution >= 4 is 35.3 Å². The Morgan fingerprint density at radius 2 is 2.05 bits per heavy atom. The van der Waals surface area contributed by atoms with E-state index in [0.29, 0.717) is 16.8 Å². The molecule has 5 nitrogen and oxygen atoms in total. The van der Waals surface area contributed by atoms with Crippen molar-refractivity contribution in [2.45, 2.75) is 24.3 Å². The monoisotopic (exact) mass is 299 g/mol. The third-order valence-electron chi connectivity index (χ3n) is 2.97. The molecule has 7 heteroatoms. The quantitative estimate of drug-likeness (QED) is 0.837. The average molecular weight is 299 g/mol. The van der Waals surface area contributed by atoms with Crippen LogP contribution >= 0.6 is 23.5 Å². The molecule has 2 N–H and O–H groups in total. The van der Waals surface area contributed by atoms with Gasteiger partial charge in [-0.15, -0.1) is 11.8 Å². The molecule has 2 unspecified atom stereocenters. The maximum Gasteiger partial charge on any atom is 0.343 e. The number of carbonyl (C=O) groups excluding carboxylic acids is 1. The maximum atomic E-state index is 11.6. The predicted molar refractivity (Wildman–Crippen MR) is 79.6 cm³/mol. The van der Waals surface area contributed by atoms with Gasteiger partial charge in [0.15, 0.2) is 0 Å². The van der Waals surface area contributed by atoms with E-state index in [9.17, 15) is 4.79 Å². The van der Waals surface area contributed by atoms with Gasteiger partial charge in [0.1, 0.15) is 17.2 Å². The van der Waals surface area contributed by atoms with E-state index in [1.54, 1.807) is 6.92 Å². The van der Waals surface area contributed by atoms with Gasteiger partial charge in [-0.05, 0) is 6.92 Å². The van der Waals surface area contributed by atoms with Crippen molar-refractivity contribution in [1.82, 2.24) is 9.97 Å². The molecule has 1 saturated heterocycles. The summed E-state index contributed by atoms with van der Waals surface area (Å²) in [7, 11) is 1.32. The van der Waals surface area contributed by atoms with Crippen LogP contribution in [0.25, 0.3) is 0 Å². The van der Waals surface area contributed by atoms with Crippen LogP contribution < -0.4 is 5.73 Å². The van der Waals surface area contributed by atoms with Gasteiger partial charge in [0.25, 0.3) is 0 Å². The molecule has 1 aliphatic heterocycles. The standard InChI is InChI=1S/C12H17N3O2S2/c1-6-8(12(16)17-3)10(13)15-11(14-6)9-7(2)18-4-5-19-9/h7,9H,4-5H2,1-3H3,(H2,13,14,15). The molecule has 0 amide bonds. The van der Waals surface area contributed by atoms with Crippen LogP contribution in [0.4, 0.5) is 5.82 Å². The lowest BCUT2D eigenvalue weighted by atomic mass is 10.2. The predicted octanol–water partition coefficient (Wildman–Crippen LogP) is 2.06. The van der Waals surface area contributed by atoms with Crippen LogP contribution in [0, 0.1) is 6.92 Å². The number of hydrogen-bond acceptors (Lipinski definition) is 7. The summed E-state index contributed by atoms with van der Waals surface area (Å²) in [6, 6.07) is 0. The number of aromatic nitrogens is 2. The fraction of sp³-hybridized carbons (Fsp3) is 0.583. The highest BCUT2D eigenvalue weighted by Gasteiger charge is 2.28. The molecule has 1 aromatic heterocycles. The van der Waals surface area contributed by atoms with E-state index in [4.69, 9.17) is 10.5 Å². The van der Waals surface area contributed by atoms with Crippen molar-refractivity contribution in [3.05, 3.63) is 17.1 Å². The molecule has 104 valence electrons. The lowest BCUT2D eigenvalue weighted by Crippen LogP contribution is -2.21. The first kappa shape index (κ1) is 14.5. The molecule has 0 bridgehead atoms. The molecule has 1 aromatic rings. The molecular formula is C12H17N3O2S2. The van der Waals surface area contributed by atoms with Gasteiger partial charge in [-0.2, -0.15) is 11.8 Å². The first-order chi connectivity index (χ1) is 9.04. The summed E-state index contributed by atoms with van der Waals surface area (Å²) in [5.74, 6) is 2.67. The summed E-state index contributed by atoms with van der Waals surface area (Å²) in [5, 5.41) is 0.674. The Labute approximate surface area is 121 Å². The second kappa shape index (κ2) is 6.00. The Balaban J connectivity index is 2.36. The lowest BCUT2D eigenvalue weighted by Gasteiger charge is -2.27. The SMILES string of the molecule is COC(=O)c1c(C)nc(C2SCCSC2C)nc1N. The minimum atomic E-state index is -0.486. The zero-order valence-electron chi connectivity index (χ0n) is 11.2. The van der Waals surface area contributed by atoms with Gasteiger partial charge in [0, 0.05) is 16.8 Å². The molecule has 2 rings (SSSR count). The molecule has 0 spiro atoms. The molecule has 19 heavy (non-hydrogen) atoms. The number of esters is 1. The largest absolute Gasteiger partial charge is 0.465 e. The number of nitrogens with zero attached hydrogens (tertiary/aromatic N) is 2. The van der Waals surface area contributed by atoms with Crippen LogP contribution in [0.2, 0.25) is 0 Å². The highest BCUT2D eigenvalue weighted by Crippen LogP contribution is 2.41.